The van der Waals surface area contributed by atoms with E-state index in [2.05, 4.69) is 21.3 Å². The molecule has 4 N–H and O–H groups in total. The Hall–Kier alpha value is -3.68. The number of anilines is 2. The van der Waals surface area contributed by atoms with Gasteiger partial charge in [0.25, 0.3) is 11.8 Å². The maximum atomic E-state index is 12.2. The molecular weight excluding hydrogens is 360 g/mol. The fourth-order valence-electron chi connectivity index (χ4n) is 2.44. The minimum atomic E-state index is -0.311. The summed E-state index contributed by atoms with van der Waals surface area (Å²) in [6, 6.07) is 13.1. The summed E-state index contributed by atoms with van der Waals surface area (Å²) in [5.74, 6) is -1.06. The number of rotatable bonds is 7. The third kappa shape index (κ3) is 6.56. The Morgan fingerprint density at radius 3 is 1.43 bits per heavy atom. The fourth-order valence-corrected chi connectivity index (χ4v) is 2.44. The molecule has 0 aromatic heterocycles. The molecule has 2 rings (SSSR count). The summed E-state index contributed by atoms with van der Waals surface area (Å²) in [5.41, 5.74) is 1.88. The molecule has 0 aliphatic heterocycles. The Balaban J connectivity index is 1.82. The van der Waals surface area contributed by atoms with Gasteiger partial charge in [0.1, 0.15) is 0 Å². The van der Waals surface area contributed by atoms with Crippen LogP contribution in [0.25, 0.3) is 0 Å². The molecule has 2 aromatic carbocycles. The minimum absolute atomic E-state index is 0.220. The summed E-state index contributed by atoms with van der Waals surface area (Å²) in [4.78, 5) is 46.5. The monoisotopic (exact) mass is 382 g/mol. The van der Waals surface area contributed by atoms with E-state index in [9.17, 15) is 19.2 Å². The van der Waals surface area contributed by atoms with Crippen molar-refractivity contribution in [3.8, 4) is 0 Å². The number of carbonyl (C=O) groups excluding carboxylic acids is 4. The minimum Gasteiger partial charge on any atom is -0.350 e. The van der Waals surface area contributed by atoms with E-state index in [1.54, 1.807) is 48.5 Å². The normalized spacial score (nSPS) is 9.93. The summed E-state index contributed by atoms with van der Waals surface area (Å²) in [5, 5.41) is 10.6. The van der Waals surface area contributed by atoms with Gasteiger partial charge in [0.05, 0.1) is 0 Å². The average molecular weight is 382 g/mol. The molecule has 4 amide bonds. The first-order valence-corrected chi connectivity index (χ1v) is 8.67. The predicted octanol–water partition coefficient (Wildman–Crippen LogP) is 1.76. The summed E-state index contributed by atoms with van der Waals surface area (Å²) in [6.07, 6.45) is 0. The molecule has 0 heterocycles. The van der Waals surface area contributed by atoms with Crippen LogP contribution in [0.1, 0.15) is 34.6 Å². The Morgan fingerprint density at radius 1 is 0.679 bits per heavy atom. The molecule has 0 aliphatic rings. The molecular formula is C20H22N4O4. The van der Waals surface area contributed by atoms with E-state index in [0.29, 0.717) is 22.5 Å². The molecule has 0 atom stereocenters. The van der Waals surface area contributed by atoms with Crippen molar-refractivity contribution in [2.45, 2.75) is 13.8 Å². The van der Waals surface area contributed by atoms with Gasteiger partial charge in [0, 0.05) is 49.4 Å². The lowest BCUT2D eigenvalue weighted by Gasteiger charge is -2.09. The molecule has 0 aliphatic carbocycles. The van der Waals surface area contributed by atoms with E-state index in [4.69, 9.17) is 0 Å². The molecule has 0 saturated carbocycles. The van der Waals surface area contributed by atoms with Gasteiger partial charge in [-0.25, -0.2) is 0 Å². The van der Waals surface area contributed by atoms with Crippen LogP contribution in [0.2, 0.25) is 0 Å². The van der Waals surface area contributed by atoms with Crippen molar-refractivity contribution in [3.63, 3.8) is 0 Å². The van der Waals surface area contributed by atoms with Gasteiger partial charge in [-0.15, -0.1) is 0 Å². The van der Waals surface area contributed by atoms with Crippen molar-refractivity contribution in [3.05, 3.63) is 59.7 Å². The second-order valence-corrected chi connectivity index (χ2v) is 6.04. The van der Waals surface area contributed by atoms with Crippen LogP contribution >= 0.6 is 0 Å². The maximum Gasteiger partial charge on any atom is 0.251 e. The molecule has 28 heavy (non-hydrogen) atoms. The van der Waals surface area contributed by atoms with Crippen LogP contribution in [0.15, 0.2) is 48.5 Å². The molecule has 0 bridgehead atoms. The second-order valence-electron chi connectivity index (χ2n) is 6.04. The van der Waals surface area contributed by atoms with Crippen molar-refractivity contribution >= 4 is 35.0 Å². The molecule has 146 valence electrons. The lowest BCUT2D eigenvalue weighted by Crippen LogP contribution is -2.34. The van der Waals surface area contributed by atoms with Crippen LogP contribution in [-0.4, -0.2) is 36.7 Å². The number of nitrogens with one attached hydrogen (secondary N) is 4. The summed E-state index contributed by atoms with van der Waals surface area (Å²) < 4.78 is 0. The van der Waals surface area contributed by atoms with E-state index >= 15 is 0 Å². The van der Waals surface area contributed by atoms with Crippen LogP contribution in [0.5, 0.6) is 0 Å². The molecule has 0 radical (unpaired) electrons. The van der Waals surface area contributed by atoms with Crippen LogP contribution in [0, 0.1) is 0 Å². The lowest BCUT2D eigenvalue weighted by molar-refractivity contribution is -0.115. The van der Waals surface area contributed by atoms with E-state index in [0.717, 1.165) is 0 Å². The van der Waals surface area contributed by atoms with Crippen molar-refractivity contribution in [2.75, 3.05) is 23.7 Å². The third-order valence-corrected chi connectivity index (χ3v) is 3.59. The van der Waals surface area contributed by atoms with Gasteiger partial charge in [-0.05, 0) is 36.4 Å². The first-order chi connectivity index (χ1) is 13.3. The van der Waals surface area contributed by atoms with Crippen LogP contribution < -0.4 is 21.3 Å². The Morgan fingerprint density at radius 2 is 1.07 bits per heavy atom. The highest BCUT2D eigenvalue weighted by Crippen LogP contribution is 2.11. The molecule has 8 nitrogen and oxygen atoms in total. The smallest absolute Gasteiger partial charge is 0.251 e. The zero-order chi connectivity index (χ0) is 20.5. The highest BCUT2D eigenvalue weighted by molar-refractivity contribution is 5.98. The highest BCUT2D eigenvalue weighted by Gasteiger charge is 2.08. The van der Waals surface area contributed by atoms with Gasteiger partial charge >= 0.3 is 0 Å². The van der Waals surface area contributed by atoms with Crippen LogP contribution in [0.3, 0.4) is 0 Å². The van der Waals surface area contributed by atoms with Gasteiger partial charge in [-0.2, -0.15) is 0 Å². The molecule has 0 unspecified atom stereocenters. The van der Waals surface area contributed by atoms with Gasteiger partial charge in [-0.3, -0.25) is 19.2 Å². The van der Waals surface area contributed by atoms with Crippen molar-refractivity contribution in [1.82, 2.24) is 10.6 Å². The second kappa shape index (κ2) is 9.86. The fraction of sp³-hybridized carbons (Fsp3) is 0.200. The zero-order valence-electron chi connectivity index (χ0n) is 15.7. The number of hydrogen-bond acceptors (Lipinski definition) is 4. The van der Waals surface area contributed by atoms with Gasteiger partial charge in [0.2, 0.25) is 11.8 Å². The van der Waals surface area contributed by atoms with Crippen LogP contribution in [0.4, 0.5) is 11.4 Å². The van der Waals surface area contributed by atoms with Crippen molar-refractivity contribution in [1.29, 1.82) is 0 Å². The zero-order valence-corrected chi connectivity index (χ0v) is 15.7. The lowest BCUT2D eigenvalue weighted by atomic mass is 10.2. The Labute approximate surface area is 162 Å². The first kappa shape index (κ1) is 20.6. The molecule has 0 fully saturated rings. The van der Waals surface area contributed by atoms with E-state index in [1.165, 1.54) is 13.8 Å². The standard InChI is InChI=1S/C20H22N4O4/c1-13(25)23-17-7-3-5-15(11-17)19(27)21-9-10-22-20(28)16-6-4-8-18(12-16)24-14(2)26/h3-8,11-12H,9-10H2,1-2H3,(H,21,27)(H,22,28)(H,23,25)(H,24,26). The van der Waals surface area contributed by atoms with E-state index < -0.39 is 0 Å². The van der Waals surface area contributed by atoms with E-state index in [1.807, 2.05) is 0 Å². The quantitative estimate of drug-likeness (QED) is 0.546. The average Bonchev–Trinajstić information content (AvgIpc) is 2.64. The Kier molecular flexibility index (Phi) is 7.27. The predicted molar refractivity (Wildman–Crippen MR) is 106 cm³/mol. The first-order valence-electron chi connectivity index (χ1n) is 8.67. The summed E-state index contributed by atoms with van der Waals surface area (Å²) in [6.45, 7) is 3.25. The van der Waals surface area contributed by atoms with Gasteiger partial charge in [-0.1, -0.05) is 12.1 Å². The number of hydrogen-bond donors (Lipinski definition) is 4. The molecule has 0 saturated heterocycles. The summed E-state index contributed by atoms with van der Waals surface area (Å²) in [7, 11) is 0. The number of carbonyl (C=O) groups is 4. The van der Waals surface area contributed by atoms with Crippen LogP contribution in [-0.2, 0) is 9.59 Å². The molecule has 0 spiro atoms. The van der Waals surface area contributed by atoms with Crippen molar-refractivity contribution in [2.24, 2.45) is 0 Å². The Bertz CT molecular complexity index is 822. The van der Waals surface area contributed by atoms with Gasteiger partial charge < -0.3 is 21.3 Å². The maximum absolute atomic E-state index is 12.2. The molecule has 2 aromatic rings. The number of benzene rings is 2. The largest absolute Gasteiger partial charge is 0.350 e. The summed E-state index contributed by atoms with van der Waals surface area (Å²) >= 11 is 0. The molecule has 8 heteroatoms. The topological polar surface area (TPSA) is 116 Å². The number of amides is 4. The van der Waals surface area contributed by atoms with Crippen molar-refractivity contribution < 1.29 is 19.2 Å². The third-order valence-electron chi connectivity index (χ3n) is 3.59. The van der Waals surface area contributed by atoms with E-state index in [-0.39, 0.29) is 36.7 Å². The van der Waals surface area contributed by atoms with Gasteiger partial charge in [0.15, 0.2) is 0 Å². The SMILES string of the molecule is CC(=O)Nc1cccc(C(=O)NCCNC(=O)c2cccc(NC(C)=O)c2)c1. The highest BCUT2D eigenvalue weighted by atomic mass is 16.2.